The normalized spacial score (nSPS) is 12.7. The molecular weight excluding hydrogens is 424 g/mol. The number of aryl methyl sites for hydroxylation is 2. The highest BCUT2D eigenvalue weighted by Crippen LogP contribution is 2.15. The van der Waals surface area contributed by atoms with Gasteiger partial charge in [-0.1, -0.05) is 76.6 Å². The lowest BCUT2D eigenvalue weighted by atomic mass is 10.0. The molecule has 4 heteroatoms. The van der Waals surface area contributed by atoms with E-state index in [0.717, 1.165) is 12.8 Å². The summed E-state index contributed by atoms with van der Waals surface area (Å²) in [6.07, 6.45) is 10.7. The van der Waals surface area contributed by atoms with E-state index in [9.17, 15) is 9.59 Å². The molecule has 2 unspecified atom stereocenters. The van der Waals surface area contributed by atoms with Crippen molar-refractivity contribution in [2.75, 3.05) is 0 Å². The molecule has 0 heterocycles. The number of benzene rings is 2. The average molecular weight is 467 g/mol. The Morgan fingerprint density at radius 2 is 0.941 bits per heavy atom. The highest BCUT2D eigenvalue weighted by molar-refractivity contribution is 5.90. The van der Waals surface area contributed by atoms with Crippen LogP contribution in [0.3, 0.4) is 0 Å². The van der Waals surface area contributed by atoms with Crippen molar-refractivity contribution in [2.24, 2.45) is 0 Å². The van der Waals surface area contributed by atoms with E-state index in [1.165, 1.54) is 62.5 Å². The molecule has 0 radical (unpaired) electrons. The highest BCUT2D eigenvalue weighted by atomic mass is 16.6. The molecule has 0 aliphatic heterocycles. The van der Waals surface area contributed by atoms with Crippen LogP contribution in [0.15, 0.2) is 48.5 Å². The van der Waals surface area contributed by atoms with Crippen LogP contribution in [0.25, 0.3) is 0 Å². The molecule has 0 fully saturated rings. The largest absolute Gasteiger partial charge is 0.455 e. The highest BCUT2D eigenvalue weighted by Gasteiger charge is 2.22. The first-order valence-electron chi connectivity index (χ1n) is 13.0. The molecule has 0 amide bonds. The third-order valence-corrected chi connectivity index (χ3v) is 6.26. The number of carbonyl (C=O) groups excluding carboxylic acids is 2. The Morgan fingerprint density at radius 3 is 1.26 bits per heavy atom. The van der Waals surface area contributed by atoms with Gasteiger partial charge in [-0.2, -0.15) is 0 Å². The third kappa shape index (κ3) is 9.70. The van der Waals surface area contributed by atoms with E-state index >= 15 is 0 Å². The Balaban J connectivity index is 1.79. The second-order valence-electron chi connectivity index (χ2n) is 9.24. The van der Waals surface area contributed by atoms with Crippen LogP contribution in [0.5, 0.6) is 0 Å². The van der Waals surface area contributed by atoms with E-state index in [0.29, 0.717) is 11.1 Å². The quantitative estimate of drug-likeness (QED) is 0.199. The van der Waals surface area contributed by atoms with Crippen molar-refractivity contribution >= 4 is 11.9 Å². The van der Waals surface area contributed by atoms with Gasteiger partial charge < -0.3 is 9.47 Å². The molecule has 0 N–H and O–H groups in total. The maximum absolute atomic E-state index is 12.5. The van der Waals surface area contributed by atoms with Gasteiger partial charge >= 0.3 is 11.9 Å². The molecule has 0 bridgehead atoms. The predicted molar refractivity (Wildman–Crippen MR) is 138 cm³/mol. The van der Waals surface area contributed by atoms with E-state index in [4.69, 9.17) is 9.47 Å². The number of esters is 2. The lowest BCUT2D eigenvalue weighted by Gasteiger charge is -2.21. The molecular formula is C30H42O4. The monoisotopic (exact) mass is 466 g/mol. The Labute approximate surface area is 206 Å². The van der Waals surface area contributed by atoms with Crippen LogP contribution in [0.4, 0.5) is 0 Å². The van der Waals surface area contributed by atoms with Crippen molar-refractivity contribution in [1.82, 2.24) is 0 Å². The van der Waals surface area contributed by atoms with E-state index in [-0.39, 0.29) is 0 Å². The van der Waals surface area contributed by atoms with Crippen molar-refractivity contribution in [3.8, 4) is 0 Å². The summed E-state index contributed by atoms with van der Waals surface area (Å²) in [5.41, 5.74) is 3.49. The molecule has 2 rings (SSSR count). The van der Waals surface area contributed by atoms with Gasteiger partial charge in [0, 0.05) is 0 Å². The van der Waals surface area contributed by atoms with E-state index < -0.39 is 24.1 Å². The van der Waals surface area contributed by atoms with Crippen molar-refractivity contribution in [2.45, 2.75) is 104 Å². The molecule has 186 valence electrons. The van der Waals surface area contributed by atoms with Crippen LogP contribution in [0.1, 0.15) is 111 Å². The van der Waals surface area contributed by atoms with Crippen LogP contribution >= 0.6 is 0 Å². The molecule has 0 saturated carbocycles. The summed E-state index contributed by atoms with van der Waals surface area (Å²) in [5, 5.41) is 0. The van der Waals surface area contributed by atoms with Gasteiger partial charge in [0.15, 0.2) is 0 Å². The van der Waals surface area contributed by atoms with Crippen LogP contribution in [0, 0.1) is 0 Å². The first kappa shape index (κ1) is 27.6. The van der Waals surface area contributed by atoms with Gasteiger partial charge in [0.25, 0.3) is 0 Å². The molecule has 0 aliphatic rings. The maximum Gasteiger partial charge on any atom is 0.338 e. The van der Waals surface area contributed by atoms with Gasteiger partial charge in [-0.3, -0.25) is 0 Å². The number of ether oxygens (including phenoxy) is 2. The predicted octanol–water partition coefficient (Wildman–Crippen LogP) is 7.72. The lowest BCUT2D eigenvalue weighted by molar-refractivity contribution is -0.0239. The molecule has 4 nitrogen and oxygen atoms in total. The summed E-state index contributed by atoms with van der Waals surface area (Å²) in [7, 11) is 0. The van der Waals surface area contributed by atoms with Gasteiger partial charge in [-0.15, -0.1) is 0 Å². The average Bonchev–Trinajstić information content (AvgIpc) is 2.85. The first-order chi connectivity index (χ1) is 16.4. The number of unbranched alkanes of at least 4 members (excludes halogenated alkanes) is 6. The van der Waals surface area contributed by atoms with Gasteiger partial charge in [0.1, 0.15) is 12.2 Å². The standard InChI is InChI=1S/C30H42O4/c1-5-7-9-11-13-25-15-19-27(20-16-25)29(31)33-23(3)24(4)34-30(32)28-21-17-26(18-22-28)14-12-10-8-6-2/h15-24H,5-14H2,1-4H3. The Hall–Kier alpha value is -2.62. The molecule has 0 aromatic heterocycles. The van der Waals surface area contributed by atoms with Crippen LogP contribution < -0.4 is 0 Å². The summed E-state index contributed by atoms with van der Waals surface area (Å²) in [6, 6.07) is 15.2. The van der Waals surface area contributed by atoms with E-state index in [1.54, 1.807) is 13.8 Å². The fourth-order valence-corrected chi connectivity index (χ4v) is 3.79. The smallest absolute Gasteiger partial charge is 0.338 e. The topological polar surface area (TPSA) is 52.6 Å². The number of carbonyl (C=O) groups is 2. The van der Waals surface area contributed by atoms with Crippen molar-refractivity contribution in [1.29, 1.82) is 0 Å². The summed E-state index contributed by atoms with van der Waals surface area (Å²) < 4.78 is 11.1. The number of hydrogen-bond donors (Lipinski definition) is 0. The summed E-state index contributed by atoms with van der Waals surface area (Å²) in [4.78, 5) is 25.1. The third-order valence-electron chi connectivity index (χ3n) is 6.26. The maximum atomic E-state index is 12.5. The van der Waals surface area contributed by atoms with E-state index in [1.807, 2.05) is 48.5 Å². The Bertz CT molecular complexity index is 781. The SMILES string of the molecule is CCCCCCc1ccc(C(=O)OC(C)C(C)OC(=O)c2ccc(CCCCCC)cc2)cc1. The molecule has 34 heavy (non-hydrogen) atoms. The number of hydrogen-bond acceptors (Lipinski definition) is 4. The van der Waals surface area contributed by atoms with Gasteiger partial charge in [0.05, 0.1) is 11.1 Å². The van der Waals surface area contributed by atoms with Crippen molar-refractivity contribution < 1.29 is 19.1 Å². The fourth-order valence-electron chi connectivity index (χ4n) is 3.79. The van der Waals surface area contributed by atoms with Crippen molar-refractivity contribution in [3.63, 3.8) is 0 Å². The Kier molecular flexibility index (Phi) is 12.4. The molecule has 0 aliphatic carbocycles. The fraction of sp³-hybridized carbons (Fsp3) is 0.533. The summed E-state index contributed by atoms with van der Waals surface area (Å²) in [6.45, 7) is 7.90. The minimum Gasteiger partial charge on any atom is -0.455 e. The van der Waals surface area contributed by atoms with Crippen LogP contribution in [-0.2, 0) is 22.3 Å². The van der Waals surface area contributed by atoms with Gasteiger partial charge in [-0.25, -0.2) is 9.59 Å². The zero-order chi connectivity index (χ0) is 24.8. The molecule has 2 aromatic carbocycles. The summed E-state index contributed by atoms with van der Waals surface area (Å²) >= 11 is 0. The first-order valence-corrected chi connectivity index (χ1v) is 13.0. The van der Waals surface area contributed by atoms with Gasteiger partial charge in [0.2, 0.25) is 0 Å². The van der Waals surface area contributed by atoms with E-state index in [2.05, 4.69) is 13.8 Å². The minimum absolute atomic E-state index is 0.402. The minimum atomic E-state index is -0.553. The van der Waals surface area contributed by atoms with Crippen LogP contribution in [-0.4, -0.2) is 24.1 Å². The number of rotatable bonds is 15. The van der Waals surface area contributed by atoms with Crippen molar-refractivity contribution in [3.05, 3.63) is 70.8 Å². The molecule has 0 saturated heterocycles. The Morgan fingerprint density at radius 1 is 0.588 bits per heavy atom. The second-order valence-corrected chi connectivity index (χ2v) is 9.24. The molecule has 2 atom stereocenters. The van der Waals surface area contributed by atoms with Crippen LogP contribution in [0.2, 0.25) is 0 Å². The second kappa shape index (κ2) is 15.3. The molecule has 0 spiro atoms. The lowest BCUT2D eigenvalue weighted by Crippen LogP contribution is -2.30. The zero-order valence-corrected chi connectivity index (χ0v) is 21.5. The summed E-state index contributed by atoms with van der Waals surface area (Å²) in [5.74, 6) is -0.805. The van der Waals surface area contributed by atoms with Gasteiger partial charge in [-0.05, 0) is 74.9 Å². The zero-order valence-electron chi connectivity index (χ0n) is 21.5. The molecule has 2 aromatic rings.